The van der Waals surface area contributed by atoms with Crippen molar-refractivity contribution < 1.29 is 13.6 Å². The summed E-state index contributed by atoms with van der Waals surface area (Å²) >= 11 is 5.90. The monoisotopic (exact) mass is 364 g/mol. The second kappa shape index (κ2) is 7.93. The van der Waals surface area contributed by atoms with Crippen LogP contribution in [-0.2, 0) is 6.54 Å². The van der Waals surface area contributed by atoms with Crippen molar-refractivity contribution in [3.63, 3.8) is 0 Å². The second-order valence-electron chi connectivity index (χ2n) is 6.17. The summed E-state index contributed by atoms with van der Waals surface area (Å²) in [6.07, 6.45) is 0.808. The van der Waals surface area contributed by atoms with Crippen molar-refractivity contribution in [2.24, 2.45) is 0 Å². The van der Waals surface area contributed by atoms with Crippen LogP contribution in [-0.4, -0.2) is 41.9 Å². The Bertz CT molecular complexity index is 752. The summed E-state index contributed by atoms with van der Waals surface area (Å²) in [5.74, 6) is -1.88. The third kappa shape index (κ3) is 4.55. The summed E-state index contributed by atoms with van der Waals surface area (Å²) in [5, 5.41) is 0.706. The molecule has 132 valence electrons. The molecule has 25 heavy (non-hydrogen) atoms. The molecule has 0 aliphatic carbocycles. The topological polar surface area (TPSA) is 23.6 Å². The normalized spacial score (nSPS) is 15.9. The first-order valence-corrected chi connectivity index (χ1v) is 8.62. The molecular formula is C19H19ClF2N2O. The lowest BCUT2D eigenvalue weighted by molar-refractivity contribution is 0.0756. The van der Waals surface area contributed by atoms with Crippen LogP contribution < -0.4 is 0 Å². The van der Waals surface area contributed by atoms with E-state index in [9.17, 15) is 13.6 Å². The molecule has 1 aliphatic rings. The number of halogens is 3. The molecule has 0 bridgehead atoms. The van der Waals surface area contributed by atoms with Crippen molar-refractivity contribution in [1.29, 1.82) is 0 Å². The molecule has 2 aromatic carbocycles. The number of carbonyl (C=O) groups is 1. The zero-order valence-electron chi connectivity index (χ0n) is 13.7. The molecule has 0 radical (unpaired) electrons. The fourth-order valence-electron chi connectivity index (χ4n) is 3.01. The number of hydrogen-bond donors (Lipinski definition) is 0. The first kappa shape index (κ1) is 17.8. The van der Waals surface area contributed by atoms with E-state index in [4.69, 9.17) is 11.6 Å². The van der Waals surface area contributed by atoms with Crippen molar-refractivity contribution in [3.05, 3.63) is 70.2 Å². The highest BCUT2D eigenvalue weighted by Gasteiger charge is 2.22. The summed E-state index contributed by atoms with van der Waals surface area (Å²) in [6.45, 7) is 3.43. The van der Waals surface area contributed by atoms with E-state index in [1.54, 1.807) is 4.90 Å². The molecule has 0 aromatic heterocycles. The molecule has 1 saturated heterocycles. The minimum Gasteiger partial charge on any atom is -0.337 e. The number of carbonyl (C=O) groups excluding carboxylic acids is 1. The van der Waals surface area contributed by atoms with Gasteiger partial charge in [-0.3, -0.25) is 9.69 Å². The lowest BCUT2D eigenvalue weighted by atomic mass is 10.1. The summed E-state index contributed by atoms with van der Waals surface area (Å²) in [4.78, 5) is 16.4. The van der Waals surface area contributed by atoms with Crippen LogP contribution in [0.2, 0.25) is 5.02 Å². The van der Waals surface area contributed by atoms with Crippen molar-refractivity contribution in [1.82, 2.24) is 9.80 Å². The van der Waals surface area contributed by atoms with Gasteiger partial charge in [0, 0.05) is 43.8 Å². The Labute approximate surface area is 150 Å². The highest BCUT2D eigenvalue weighted by atomic mass is 35.5. The van der Waals surface area contributed by atoms with E-state index in [0.717, 1.165) is 37.2 Å². The third-order valence-electron chi connectivity index (χ3n) is 4.36. The molecular weight excluding hydrogens is 346 g/mol. The molecule has 0 N–H and O–H groups in total. The maximum atomic E-state index is 13.8. The Morgan fingerprint density at radius 3 is 2.48 bits per heavy atom. The smallest absolute Gasteiger partial charge is 0.256 e. The minimum atomic E-state index is -0.813. The standard InChI is InChI=1S/C19H19ClF2N2O/c20-15-4-2-14(3-5-15)13-23-8-1-9-24(11-10-23)19(25)17-7-6-16(21)12-18(17)22/h2-7,12H,1,8-11,13H2. The average molecular weight is 365 g/mol. The van der Waals surface area contributed by atoms with E-state index in [-0.39, 0.29) is 11.5 Å². The molecule has 1 heterocycles. The van der Waals surface area contributed by atoms with Gasteiger partial charge >= 0.3 is 0 Å². The van der Waals surface area contributed by atoms with Crippen molar-refractivity contribution >= 4 is 17.5 Å². The molecule has 0 atom stereocenters. The highest BCUT2D eigenvalue weighted by molar-refractivity contribution is 6.30. The van der Waals surface area contributed by atoms with E-state index < -0.39 is 11.6 Å². The van der Waals surface area contributed by atoms with Gasteiger partial charge in [0.05, 0.1) is 5.56 Å². The molecule has 3 nitrogen and oxygen atoms in total. The number of hydrogen-bond acceptors (Lipinski definition) is 2. The zero-order valence-corrected chi connectivity index (χ0v) is 14.5. The maximum Gasteiger partial charge on any atom is 0.256 e. The Kier molecular flexibility index (Phi) is 5.66. The summed E-state index contributed by atoms with van der Waals surface area (Å²) < 4.78 is 26.9. The van der Waals surface area contributed by atoms with E-state index in [1.165, 1.54) is 6.07 Å². The van der Waals surface area contributed by atoms with E-state index in [2.05, 4.69) is 4.90 Å². The second-order valence-corrected chi connectivity index (χ2v) is 6.61. The van der Waals surface area contributed by atoms with Crippen LogP contribution in [0.5, 0.6) is 0 Å². The predicted molar refractivity (Wildman–Crippen MR) is 93.6 cm³/mol. The quantitative estimate of drug-likeness (QED) is 0.822. The predicted octanol–water partition coefficient (Wildman–Crippen LogP) is 3.97. The maximum absolute atomic E-state index is 13.8. The SMILES string of the molecule is O=C(c1ccc(F)cc1F)N1CCCN(Cc2ccc(Cl)cc2)CC1. The molecule has 0 saturated carbocycles. The van der Waals surface area contributed by atoms with Gasteiger partial charge in [0.15, 0.2) is 0 Å². The molecule has 6 heteroatoms. The van der Waals surface area contributed by atoms with Crippen LogP contribution in [0, 0.1) is 11.6 Å². The van der Waals surface area contributed by atoms with Gasteiger partial charge in [-0.15, -0.1) is 0 Å². The Balaban J connectivity index is 1.62. The lowest BCUT2D eigenvalue weighted by Gasteiger charge is -2.22. The van der Waals surface area contributed by atoms with Crippen LogP contribution in [0.4, 0.5) is 8.78 Å². The van der Waals surface area contributed by atoms with Gasteiger partial charge < -0.3 is 4.90 Å². The van der Waals surface area contributed by atoms with Gasteiger partial charge in [-0.1, -0.05) is 23.7 Å². The van der Waals surface area contributed by atoms with E-state index in [0.29, 0.717) is 24.7 Å². The van der Waals surface area contributed by atoms with Gasteiger partial charge in [-0.25, -0.2) is 8.78 Å². The number of nitrogens with zero attached hydrogens (tertiary/aromatic N) is 2. The molecule has 0 spiro atoms. The fourth-order valence-corrected chi connectivity index (χ4v) is 3.14. The largest absolute Gasteiger partial charge is 0.337 e. The molecule has 1 fully saturated rings. The first-order valence-electron chi connectivity index (χ1n) is 8.24. The highest BCUT2D eigenvalue weighted by Crippen LogP contribution is 2.16. The van der Waals surface area contributed by atoms with Crippen LogP contribution in [0.1, 0.15) is 22.3 Å². The molecule has 3 rings (SSSR count). The molecule has 2 aromatic rings. The van der Waals surface area contributed by atoms with E-state index in [1.807, 2.05) is 24.3 Å². The Hall–Kier alpha value is -1.98. The Morgan fingerprint density at radius 2 is 1.76 bits per heavy atom. The van der Waals surface area contributed by atoms with Gasteiger partial charge in [0.2, 0.25) is 0 Å². The van der Waals surface area contributed by atoms with Gasteiger partial charge in [0.1, 0.15) is 11.6 Å². The molecule has 1 aliphatic heterocycles. The number of benzene rings is 2. The van der Waals surface area contributed by atoms with Crippen molar-refractivity contribution in [3.8, 4) is 0 Å². The van der Waals surface area contributed by atoms with E-state index >= 15 is 0 Å². The third-order valence-corrected chi connectivity index (χ3v) is 4.61. The zero-order chi connectivity index (χ0) is 17.8. The fraction of sp³-hybridized carbons (Fsp3) is 0.316. The van der Waals surface area contributed by atoms with Crippen LogP contribution >= 0.6 is 11.6 Å². The minimum absolute atomic E-state index is 0.0763. The molecule has 0 unspecified atom stereocenters. The average Bonchev–Trinajstić information content (AvgIpc) is 2.82. The lowest BCUT2D eigenvalue weighted by Crippen LogP contribution is -2.35. The van der Waals surface area contributed by atoms with Gasteiger partial charge in [-0.05, 0) is 36.2 Å². The van der Waals surface area contributed by atoms with Gasteiger partial charge in [-0.2, -0.15) is 0 Å². The number of rotatable bonds is 3. The first-order chi connectivity index (χ1) is 12.0. The van der Waals surface area contributed by atoms with Crippen LogP contribution in [0.3, 0.4) is 0 Å². The van der Waals surface area contributed by atoms with Crippen LogP contribution in [0.15, 0.2) is 42.5 Å². The van der Waals surface area contributed by atoms with Crippen molar-refractivity contribution in [2.45, 2.75) is 13.0 Å². The summed E-state index contributed by atoms with van der Waals surface area (Å²) in [5.41, 5.74) is 1.08. The molecule has 1 amide bonds. The summed E-state index contributed by atoms with van der Waals surface area (Å²) in [6, 6.07) is 10.8. The van der Waals surface area contributed by atoms with Gasteiger partial charge in [0.25, 0.3) is 5.91 Å². The number of amides is 1. The summed E-state index contributed by atoms with van der Waals surface area (Å²) in [7, 11) is 0. The Morgan fingerprint density at radius 1 is 1.00 bits per heavy atom. The van der Waals surface area contributed by atoms with Crippen molar-refractivity contribution in [2.75, 3.05) is 26.2 Å². The van der Waals surface area contributed by atoms with Crippen LogP contribution in [0.25, 0.3) is 0 Å².